The first kappa shape index (κ1) is 21.9. The highest BCUT2D eigenvalue weighted by Gasteiger charge is 2.56. The second-order valence-corrected chi connectivity index (χ2v) is 10.2. The fourth-order valence-corrected chi connectivity index (χ4v) is 6.90. The minimum Gasteiger partial charge on any atom is -0.462 e. The van der Waals surface area contributed by atoms with Gasteiger partial charge in [0.2, 0.25) is 11.8 Å². The second-order valence-electron chi connectivity index (χ2n) is 7.58. The molecule has 0 bridgehead atoms. The Morgan fingerprint density at radius 1 is 1.06 bits per heavy atom. The van der Waals surface area contributed by atoms with Crippen molar-refractivity contribution >= 4 is 58.2 Å². The summed E-state index contributed by atoms with van der Waals surface area (Å²) in [6.45, 7) is 1.97. The van der Waals surface area contributed by atoms with Crippen LogP contribution in [0, 0.1) is 5.92 Å². The van der Waals surface area contributed by atoms with Gasteiger partial charge in [0.1, 0.15) is 5.25 Å². The Kier molecular flexibility index (Phi) is 5.64. The highest BCUT2D eigenvalue weighted by Crippen LogP contribution is 2.53. The average Bonchev–Trinajstić information content (AvgIpc) is 3.29. The number of thioether (sulfide) groups is 1. The van der Waals surface area contributed by atoms with Crippen LogP contribution in [0.5, 0.6) is 0 Å². The Morgan fingerprint density at radius 2 is 1.76 bits per heavy atom. The molecule has 168 valence electrons. The zero-order valence-electron chi connectivity index (χ0n) is 17.2. The first-order valence-corrected chi connectivity index (χ1v) is 12.3. The number of halogens is 1. The Balaban J connectivity index is 1.54. The number of hydrogen-bond acceptors (Lipinski definition) is 7. The molecule has 1 fully saturated rings. The number of imide groups is 1. The summed E-state index contributed by atoms with van der Waals surface area (Å²) in [6, 6.07) is 13.3. The molecule has 2 aromatic carbocycles. The summed E-state index contributed by atoms with van der Waals surface area (Å²) in [7, 11) is 0. The summed E-state index contributed by atoms with van der Waals surface area (Å²) < 4.78 is 4.99. The third-order valence-corrected chi connectivity index (χ3v) is 8.34. The van der Waals surface area contributed by atoms with Gasteiger partial charge in [-0.3, -0.25) is 14.4 Å². The number of esters is 1. The predicted molar refractivity (Wildman–Crippen MR) is 126 cm³/mol. The summed E-state index contributed by atoms with van der Waals surface area (Å²) in [5.41, 5.74) is 1.54. The molecular formula is C23H17ClN2O5S2. The number of H-pyrrole nitrogens is 1. The number of amides is 2. The van der Waals surface area contributed by atoms with Crippen LogP contribution in [0.1, 0.15) is 33.6 Å². The van der Waals surface area contributed by atoms with E-state index in [0.29, 0.717) is 21.3 Å². The van der Waals surface area contributed by atoms with Crippen molar-refractivity contribution in [1.29, 1.82) is 0 Å². The first-order valence-electron chi connectivity index (χ1n) is 10.2. The van der Waals surface area contributed by atoms with Gasteiger partial charge in [-0.1, -0.05) is 46.8 Å². The van der Waals surface area contributed by atoms with Crippen molar-refractivity contribution in [2.24, 2.45) is 5.92 Å². The average molecular weight is 501 g/mol. The Morgan fingerprint density at radius 3 is 2.42 bits per heavy atom. The highest BCUT2D eigenvalue weighted by molar-refractivity contribution is 8.00. The molecule has 0 saturated carbocycles. The van der Waals surface area contributed by atoms with E-state index in [4.69, 9.17) is 16.3 Å². The Hall–Kier alpha value is -2.88. The molecule has 3 atom stereocenters. The molecule has 3 heterocycles. The van der Waals surface area contributed by atoms with E-state index >= 15 is 0 Å². The van der Waals surface area contributed by atoms with Crippen LogP contribution >= 0.6 is 34.7 Å². The van der Waals surface area contributed by atoms with E-state index in [-0.39, 0.29) is 23.3 Å². The van der Waals surface area contributed by atoms with Gasteiger partial charge < -0.3 is 9.72 Å². The highest BCUT2D eigenvalue weighted by atomic mass is 35.5. The van der Waals surface area contributed by atoms with E-state index in [2.05, 4.69) is 4.98 Å². The minimum absolute atomic E-state index is 0.224. The Bertz CT molecular complexity index is 1320. The number of thiazole rings is 1. The molecule has 0 unspecified atom stereocenters. The molecule has 33 heavy (non-hydrogen) atoms. The number of aromatic amines is 1. The van der Waals surface area contributed by atoms with Crippen molar-refractivity contribution in [2.45, 2.75) is 23.1 Å². The minimum atomic E-state index is -0.680. The van der Waals surface area contributed by atoms with E-state index in [0.717, 1.165) is 21.8 Å². The lowest BCUT2D eigenvalue weighted by molar-refractivity contribution is -0.122. The van der Waals surface area contributed by atoms with Gasteiger partial charge in [-0.2, -0.15) is 0 Å². The molecule has 0 spiro atoms. The maximum atomic E-state index is 13.6. The van der Waals surface area contributed by atoms with Crippen molar-refractivity contribution in [3.05, 3.63) is 79.2 Å². The number of ether oxygens (including phenoxy) is 1. The summed E-state index contributed by atoms with van der Waals surface area (Å²) >= 11 is 8.33. The zero-order chi connectivity index (χ0) is 23.3. The lowest BCUT2D eigenvalue weighted by Crippen LogP contribution is -2.32. The quantitative estimate of drug-likeness (QED) is 0.428. The summed E-state index contributed by atoms with van der Waals surface area (Å²) in [5, 5.41) is 0.493. The monoisotopic (exact) mass is 500 g/mol. The topological polar surface area (TPSA) is 96.5 Å². The molecule has 1 aromatic heterocycles. The standard InChI is InChI=1S/C23H17ClN2O5S2/c1-2-31-22(29)12-5-9-14(10-6-12)26-20(27)16-15(11-3-7-13(24)8-4-11)17-19(25-23(30)33-17)32-18(16)21(26)28/h3-10,15-16,18H,2H2,1H3,(H,25,30)/t15-,16-,18+/m0/s1. The molecule has 1 N–H and O–H groups in total. The number of anilines is 1. The number of hydrogen-bond donors (Lipinski definition) is 1. The summed E-state index contributed by atoms with van der Waals surface area (Å²) in [6.07, 6.45) is 0. The molecule has 0 radical (unpaired) electrons. The Labute approximate surface area is 201 Å². The fourth-order valence-electron chi connectivity index (χ4n) is 4.26. The van der Waals surface area contributed by atoms with Gasteiger partial charge >= 0.3 is 10.8 Å². The van der Waals surface area contributed by atoms with Crippen molar-refractivity contribution in [3.63, 3.8) is 0 Å². The van der Waals surface area contributed by atoms with Crippen molar-refractivity contribution in [1.82, 2.24) is 4.98 Å². The van der Waals surface area contributed by atoms with E-state index < -0.39 is 23.1 Å². The lowest BCUT2D eigenvalue weighted by Gasteiger charge is -2.29. The molecule has 2 aliphatic heterocycles. The predicted octanol–water partition coefficient (Wildman–Crippen LogP) is 4.06. The van der Waals surface area contributed by atoms with Gasteiger partial charge in [-0.25, -0.2) is 9.69 Å². The van der Waals surface area contributed by atoms with E-state index in [9.17, 15) is 19.2 Å². The molecule has 3 aromatic rings. The largest absolute Gasteiger partial charge is 0.462 e. The SMILES string of the molecule is CCOC(=O)c1ccc(N2C(=O)[C@H]3[C@H](c4ccc(Cl)cc4)c4sc(=O)[nH]c4S[C@H]3C2=O)cc1. The van der Waals surface area contributed by atoms with E-state index in [1.54, 1.807) is 31.2 Å². The number of nitrogens with zero attached hydrogens (tertiary/aromatic N) is 1. The number of carbonyl (C=O) groups is 3. The van der Waals surface area contributed by atoms with Crippen LogP contribution in [-0.2, 0) is 14.3 Å². The number of benzene rings is 2. The number of rotatable bonds is 4. The number of carbonyl (C=O) groups excluding carboxylic acids is 3. The van der Waals surface area contributed by atoms with Crippen LogP contribution in [0.2, 0.25) is 5.02 Å². The molecule has 2 amide bonds. The van der Waals surface area contributed by atoms with Gasteiger partial charge in [0, 0.05) is 15.8 Å². The third kappa shape index (κ3) is 3.70. The van der Waals surface area contributed by atoms with E-state index in [1.807, 2.05) is 12.1 Å². The third-order valence-electron chi connectivity index (χ3n) is 5.69. The van der Waals surface area contributed by atoms with Crippen LogP contribution in [0.3, 0.4) is 0 Å². The van der Waals surface area contributed by atoms with Crippen LogP contribution in [0.4, 0.5) is 5.69 Å². The molecular weight excluding hydrogens is 484 g/mol. The van der Waals surface area contributed by atoms with Crippen LogP contribution < -0.4 is 9.77 Å². The molecule has 0 aliphatic carbocycles. The van der Waals surface area contributed by atoms with Crippen molar-refractivity contribution in [2.75, 3.05) is 11.5 Å². The fraction of sp³-hybridized carbons (Fsp3) is 0.217. The smallest absolute Gasteiger partial charge is 0.338 e. The van der Waals surface area contributed by atoms with Crippen LogP contribution in [0.15, 0.2) is 58.4 Å². The molecule has 5 rings (SSSR count). The number of nitrogens with one attached hydrogen (secondary N) is 1. The maximum Gasteiger partial charge on any atom is 0.338 e. The first-order chi connectivity index (χ1) is 15.9. The van der Waals surface area contributed by atoms with E-state index in [1.165, 1.54) is 28.8 Å². The molecule has 2 aliphatic rings. The number of aromatic nitrogens is 1. The summed E-state index contributed by atoms with van der Waals surface area (Å²) in [5.74, 6) is -2.29. The van der Waals surface area contributed by atoms with Crippen LogP contribution in [-0.4, -0.2) is 34.6 Å². The molecule has 7 nitrogen and oxygen atoms in total. The lowest BCUT2D eigenvalue weighted by atomic mass is 9.83. The van der Waals surface area contributed by atoms with Gasteiger partial charge in [0.15, 0.2) is 0 Å². The van der Waals surface area contributed by atoms with Gasteiger partial charge in [-0.15, -0.1) is 0 Å². The number of fused-ring (bicyclic) bond motifs is 2. The van der Waals surface area contributed by atoms with Gasteiger partial charge in [0.25, 0.3) is 0 Å². The molecule has 1 saturated heterocycles. The second kappa shape index (κ2) is 8.48. The summed E-state index contributed by atoms with van der Waals surface area (Å²) in [4.78, 5) is 55.6. The van der Waals surface area contributed by atoms with Gasteiger partial charge in [0.05, 0.1) is 28.8 Å². The molecule has 10 heteroatoms. The van der Waals surface area contributed by atoms with Crippen molar-refractivity contribution < 1.29 is 19.1 Å². The zero-order valence-corrected chi connectivity index (χ0v) is 19.6. The van der Waals surface area contributed by atoms with Gasteiger partial charge in [-0.05, 0) is 48.9 Å². The van der Waals surface area contributed by atoms with Crippen molar-refractivity contribution in [3.8, 4) is 0 Å². The van der Waals surface area contributed by atoms with Crippen LogP contribution in [0.25, 0.3) is 0 Å². The maximum absolute atomic E-state index is 13.6. The normalized spacial score (nSPS) is 21.6.